The van der Waals surface area contributed by atoms with Gasteiger partial charge < -0.3 is 14.5 Å². The van der Waals surface area contributed by atoms with Crippen molar-refractivity contribution in [3.05, 3.63) is 21.7 Å². The molecule has 3 rings (SSSR count). The topological polar surface area (TPSA) is 95.2 Å². The quantitative estimate of drug-likeness (QED) is 0.489. The number of hydrogen-bond donors (Lipinski definition) is 0. The van der Waals surface area contributed by atoms with E-state index < -0.39 is 11.7 Å². The standard InChI is InChI=1S/C18H19Cl3N6O2/c1-18(2,3)29-17(28)27-7-6-26(9-10(27)4-5-22)15-11-8-23-14(20)12(19)13(11)24-16(21)25-15/h8,10H,4,6-7,9H2,1-3H3/t10-/m0/s1. The smallest absolute Gasteiger partial charge is 0.410 e. The van der Waals surface area contributed by atoms with Crippen LogP contribution in [0.1, 0.15) is 27.2 Å². The van der Waals surface area contributed by atoms with Gasteiger partial charge >= 0.3 is 6.09 Å². The van der Waals surface area contributed by atoms with Crippen molar-refractivity contribution in [2.45, 2.75) is 38.8 Å². The number of anilines is 1. The van der Waals surface area contributed by atoms with Gasteiger partial charge in [0.1, 0.15) is 27.1 Å². The molecule has 0 aromatic carbocycles. The highest BCUT2D eigenvalue weighted by molar-refractivity contribution is 6.44. The van der Waals surface area contributed by atoms with E-state index in [-0.39, 0.29) is 27.9 Å². The highest BCUT2D eigenvalue weighted by Crippen LogP contribution is 2.34. The summed E-state index contributed by atoms with van der Waals surface area (Å²) in [7, 11) is 0. The van der Waals surface area contributed by atoms with Crippen LogP contribution in [0.2, 0.25) is 15.5 Å². The fourth-order valence-corrected chi connectivity index (χ4v) is 3.62. The first-order chi connectivity index (χ1) is 13.6. The molecule has 1 aliphatic heterocycles. The molecular formula is C18H19Cl3N6O2. The molecular weight excluding hydrogens is 439 g/mol. The number of fused-ring (bicyclic) bond motifs is 1. The molecule has 1 saturated heterocycles. The fourth-order valence-electron chi connectivity index (χ4n) is 3.12. The number of carbonyl (C=O) groups excluding carboxylic acids is 1. The second kappa shape index (κ2) is 8.34. The molecule has 1 amide bonds. The Labute approximate surface area is 183 Å². The Morgan fingerprint density at radius 2 is 2.03 bits per heavy atom. The molecule has 3 heterocycles. The molecule has 29 heavy (non-hydrogen) atoms. The molecule has 0 saturated carbocycles. The van der Waals surface area contributed by atoms with Gasteiger partial charge in [-0.15, -0.1) is 0 Å². The molecule has 2 aromatic rings. The van der Waals surface area contributed by atoms with Crippen LogP contribution in [0, 0.1) is 11.3 Å². The van der Waals surface area contributed by atoms with Crippen LogP contribution >= 0.6 is 34.8 Å². The highest BCUT2D eigenvalue weighted by atomic mass is 35.5. The van der Waals surface area contributed by atoms with Crippen molar-refractivity contribution in [3.8, 4) is 6.07 Å². The molecule has 0 spiro atoms. The summed E-state index contributed by atoms with van der Waals surface area (Å²) in [5, 5.41) is 10.2. The summed E-state index contributed by atoms with van der Waals surface area (Å²) in [6.45, 7) is 6.60. The van der Waals surface area contributed by atoms with Gasteiger partial charge in [0.2, 0.25) is 5.28 Å². The number of rotatable bonds is 2. The van der Waals surface area contributed by atoms with E-state index in [1.807, 2.05) is 4.90 Å². The van der Waals surface area contributed by atoms with Crippen molar-refractivity contribution in [1.29, 1.82) is 5.26 Å². The molecule has 0 bridgehead atoms. The molecule has 154 valence electrons. The van der Waals surface area contributed by atoms with Gasteiger partial charge in [-0.1, -0.05) is 23.2 Å². The summed E-state index contributed by atoms with van der Waals surface area (Å²) in [5.74, 6) is 0.526. The van der Waals surface area contributed by atoms with E-state index in [4.69, 9.17) is 39.5 Å². The second-order valence-electron chi connectivity index (χ2n) is 7.58. The number of aromatic nitrogens is 3. The van der Waals surface area contributed by atoms with Crippen molar-refractivity contribution in [1.82, 2.24) is 19.9 Å². The maximum absolute atomic E-state index is 12.6. The van der Waals surface area contributed by atoms with Crippen LogP contribution in [0.15, 0.2) is 6.20 Å². The van der Waals surface area contributed by atoms with E-state index in [0.29, 0.717) is 36.4 Å². The number of ether oxygens (including phenoxy) is 1. The van der Waals surface area contributed by atoms with Gasteiger partial charge in [0.25, 0.3) is 0 Å². The number of amides is 1. The molecule has 1 aliphatic rings. The minimum absolute atomic E-state index is 0.0167. The third kappa shape index (κ3) is 4.74. The maximum Gasteiger partial charge on any atom is 0.410 e. The minimum atomic E-state index is -0.622. The van der Waals surface area contributed by atoms with Crippen LogP contribution in [-0.2, 0) is 4.74 Å². The van der Waals surface area contributed by atoms with E-state index in [2.05, 4.69) is 21.0 Å². The largest absolute Gasteiger partial charge is 0.444 e. The predicted octanol–water partition coefficient (Wildman–Crippen LogP) is 4.32. The Balaban J connectivity index is 1.93. The second-order valence-corrected chi connectivity index (χ2v) is 8.65. The number of carbonyl (C=O) groups is 1. The summed E-state index contributed by atoms with van der Waals surface area (Å²) in [5.41, 5.74) is -0.225. The molecule has 2 aromatic heterocycles. The van der Waals surface area contributed by atoms with Crippen LogP contribution < -0.4 is 4.90 Å². The van der Waals surface area contributed by atoms with E-state index in [9.17, 15) is 10.1 Å². The lowest BCUT2D eigenvalue weighted by Crippen LogP contribution is -2.56. The number of halogens is 3. The van der Waals surface area contributed by atoms with Gasteiger partial charge in [-0.2, -0.15) is 10.2 Å². The van der Waals surface area contributed by atoms with Crippen molar-refractivity contribution in [2.24, 2.45) is 0 Å². The summed E-state index contributed by atoms with van der Waals surface area (Å²) in [6.07, 6.45) is 1.24. The molecule has 0 aliphatic carbocycles. The Kier molecular flexibility index (Phi) is 6.22. The lowest BCUT2D eigenvalue weighted by molar-refractivity contribution is 0.0145. The first-order valence-corrected chi connectivity index (χ1v) is 10.0. The van der Waals surface area contributed by atoms with Crippen LogP contribution in [-0.4, -0.2) is 57.2 Å². The van der Waals surface area contributed by atoms with Crippen LogP contribution in [0.3, 0.4) is 0 Å². The Hall–Kier alpha value is -2.08. The average Bonchev–Trinajstić information content (AvgIpc) is 2.63. The Morgan fingerprint density at radius 1 is 1.31 bits per heavy atom. The summed E-state index contributed by atoms with van der Waals surface area (Å²) in [6, 6.07) is 1.76. The van der Waals surface area contributed by atoms with E-state index in [0.717, 1.165) is 0 Å². The van der Waals surface area contributed by atoms with Crippen molar-refractivity contribution in [2.75, 3.05) is 24.5 Å². The summed E-state index contributed by atoms with van der Waals surface area (Å²) < 4.78 is 5.48. The van der Waals surface area contributed by atoms with E-state index >= 15 is 0 Å². The summed E-state index contributed by atoms with van der Waals surface area (Å²) in [4.78, 5) is 28.7. The SMILES string of the molecule is CC(C)(C)OC(=O)N1CCN(c2nc(Cl)nc3c(Cl)c(Cl)ncc23)C[C@@H]1CC#N. The zero-order valence-corrected chi connectivity index (χ0v) is 18.4. The lowest BCUT2D eigenvalue weighted by Gasteiger charge is -2.41. The zero-order chi connectivity index (χ0) is 21.3. The van der Waals surface area contributed by atoms with Crippen molar-refractivity contribution in [3.63, 3.8) is 0 Å². The fraction of sp³-hybridized carbons (Fsp3) is 0.500. The van der Waals surface area contributed by atoms with Gasteiger partial charge in [0.15, 0.2) is 0 Å². The normalized spacial score (nSPS) is 17.3. The van der Waals surface area contributed by atoms with E-state index in [1.54, 1.807) is 25.7 Å². The van der Waals surface area contributed by atoms with Gasteiger partial charge in [-0.25, -0.2) is 14.8 Å². The molecule has 1 fully saturated rings. The highest BCUT2D eigenvalue weighted by Gasteiger charge is 2.34. The van der Waals surface area contributed by atoms with Crippen LogP contribution in [0.4, 0.5) is 10.6 Å². The Bertz CT molecular complexity index is 988. The summed E-state index contributed by atoms with van der Waals surface area (Å²) >= 11 is 18.3. The third-order valence-electron chi connectivity index (χ3n) is 4.33. The first-order valence-electron chi connectivity index (χ1n) is 8.89. The number of nitriles is 1. The van der Waals surface area contributed by atoms with Gasteiger partial charge in [-0.3, -0.25) is 0 Å². The monoisotopic (exact) mass is 456 g/mol. The average molecular weight is 458 g/mol. The lowest BCUT2D eigenvalue weighted by atomic mass is 10.1. The molecule has 0 unspecified atom stereocenters. The van der Waals surface area contributed by atoms with Crippen molar-refractivity contribution < 1.29 is 9.53 Å². The number of nitrogens with zero attached hydrogens (tertiary/aromatic N) is 6. The number of piperazine rings is 1. The molecule has 0 radical (unpaired) electrons. The first kappa shape index (κ1) is 21.6. The maximum atomic E-state index is 12.6. The Morgan fingerprint density at radius 3 is 2.69 bits per heavy atom. The molecule has 1 atom stereocenters. The number of pyridine rings is 1. The number of hydrogen-bond acceptors (Lipinski definition) is 7. The zero-order valence-electron chi connectivity index (χ0n) is 16.1. The molecule has 0 N–H and O–H groups in total. The minimum Gasteiger partial charge on any atom is -0.444 e. The third-order valence-corrected chi connectivity index (χ3v) is 5.24. The molecule has 8 nitrogen and oxygen atoms in total. The van der Waals surface area contributed by atoms with E-state index in [1.165, 1.54) is 6.20 Å². The molecule has 11 heteroatoms. The van der Waals surface area contributed by atoms with Crippen molar-refractivity contribution >= 4 is 57.6 Å². The van der Waals surface area contributed by atoms with Gasteiger partial charge in [0, 0.05) is 25.8 Å². The van der Waals surface area contributed by atoms with Crippen LogP contribution in [0.5, 0.6) is 0 Å². The predicted molar refractivity (Wildman–Crippen MR) is 112 cm³/mol. The van der Waals surface area contributed by atoms with Gasteiger partial charge in [0.05, 0.1) is 23.9 Å². The van der Waals surface area contributed by atoms with Crippen LogP contribution in [0.25, 0.3) is 10.9 Å². The van der Waals surface area contributed by atoms with Gasteiger partial charge in [-0.05, 0) is 32.4 Å².